The van der Waals surface area contributed by atoms with Gasteiger partial charge in [-0.1, -0.05) is 11.6 Å². The maximum Gasteiger partial charge on any atom is 0.252 e. The number of fused-ring (bicyclic) bond motifs is 2. The summed E-state index contributed by atoms with van der Waals surface area (Å²) in [5.41, 5.74) is 4.37. The molecule has 0 saturated carbocycles. The van der Waals surface area contributed by atoms with Crippen molar-refractivity contribution in [3.8, 4) is 11.3 Å². The largest absolute Gasteiger partial charge is 0.348 e. The van der Waals surface area contributed by atoms with Crippen LogP contribution in [0.25, 0.3) is 22.2 Å². The summed E-state index contributed by atoms with van der Waals surface area (Å²) >= 11 is 0. The Balaban J connectivity index is 1.53. The first-order valence-electron chi connectivity index (χ1n) is 10.6. The zero-order chi connectivity index (χ0) is 19.8. The summed E-state index contributed by atoms with van der Waals surface area (Å²) in [5, 5.41) is 4.28. The third-order valence-electron chi connectivity index (χ3n) is 6.32. The second-order valence-electron chi connectivity index (χ2n) is 8.29. The quantitative estimate of drug-likeness (QED) is 0.740. The molecule has 5 rings (SSSR count). The molecule has 2 aliphatic rings. The van der Waals surface area contributed by atoms with E-state index in [2.05, 4.69) is 21.3 Å². The van der Waals surface area contributed by atoms with Gasteiger partial charge >= 0.3 is 0 Å². The van der Waals surface area contributed by atoms with Crippen LogP contribution < -0.4 is 5.32 Å². The highest BCUT2D eigenvalue weighted by molar-refractivity contribution is 6.07. The van der Waals surface area contributed by atoms with E-state index in [0.29, 0.717) is 11.6 Å². The lowest BCUT2D eigenvalue weighted by Crippen LogP contribution is -2.52. The molecule has 2 saturated heterocycles. The smallest absolute Gasteiger partial charge is 0.252 e. The number of piperidine rings is 1. The van der Waals surface area contributed by atoms with Crippen molar-refractivity contribution in [2.75, 3.05) is 13.1 Å². The zero-order valence-electron chi connectivity index (χ0n) is 16.8. The highest BCUT2D eigenvalue weighted by Gasteiger charge is 2.35. The maximum absolute atomic E-state index is 13.4. The molecule has 5 nitrogen and oxygen atoms in total. The Morgan fingerprint density at radius 3 is 2.83 bits per heavy atom. The second kappa shape index (κ2) is 7.56. The summed E-state index contributed by atoms with van der Waals surface area (Å²) < 4.78 is 0. The van der Waals surface area contributed by atoms with Crippen LogP contribution in [0.4, 0.5) is 0 Å². The van der Waals surface area contributed by atoms with Gasteiger partial charge in [-0.05, 0) is 76.0 Å². The van der Waals surface area contributed by atoms with Gasteiger partial charge in [-0.15, -0.1) is 0 Å². The number of hydrogen-bond acceptors (Lipinski definition) is 4. The van der Waals surface area contributed by atoms with Crippen LogP contribution in [0.5, 0.6) is 0 Å². The minimum absolute atomic E-state index is 0.00638. The maximum atomic E-state index is 13.4. The fourth-order valence-electron chi connectivity index (χ4n) is 4.90. The highest BCUT2D eigenvalue weighted by Crippen LogP contribution is 2.29. The first-order chi connectivity index (χ1) is 14.2. The summed E-state index contributed by atoms with van der Waals surface area (Å²) in [5.74, 6) is 0.00638. The SMILES string of the molecule is Cc1ccc2nc(-c3cccnc3)cc(C(=O)NC3CCCN4CCCC34)c2c1. The fourth-order valence-corrected chi connectivity index (χ4v) is 4.90. The van der Waals surface area contributed by atoms with Crippen molar-refractivity contribution in [1.29, 1.82) is 0 Å². The summed E-state index contributed by atoms with van der Waals surface area (Å²) in [4.78, 5) is 25.0. The van der Waals surface area contributed by atoms with Crippen LogP contribution in [0, 0.1) is 6.92 Å². The van der Waals surface area contributed by atoms with E-state index in [4.69, 9.17) is 4.98 Å². The van der Waals surface area contributed by atoms with E-state index in [9.17, 15) is 4.79 Å². The Morgan fingerprint density at radius 1 is 1.14 bits per heavy atom. The summed E-state index contributed by atoms with van der Waals surface area (Å²) in [7, 11) is 0. The van der Waals surface area contributed by atoms with Crippen LogP contribution in [0.2, 0.25) is 0 Å². The predicted molar refractivity (Wildman–Crippen MR) is 115 cm³/mol. The summed E-state index contributed by atoms with van der Waals surface area (Å²) in [6.45, 7) is 4.38. The van der Waals surface area contributed by atoms with Crippen LogP contribution in [-0.4, -0.2) is 45.9 Å². The number of carbonyl (C=O) groups is 1. The molecule has 0 bridgehead atoms. The molecular formula is C24H26N4O. The normalized spacial score (nSPS) is 21.8. The number of hydrogen-bond donors (Lipinski definition) is 1. The van der Waals surface area contributed by atoms with E-state index in [0.717, 1.165) is 40.6 Å². The van der Waals surface area contributed by atoms with Crippen molar-refractivity contribution in [1.82, 2.24) is 20.2 Å². The minimum atomic E-state index is 0.00638. The Hall–Kier alpha value is -2.79. The molecule has 1 N–H and O–H groups in total. The molecule has 2 aliphatic heterocycles. The van der Waals surface area contributed by atoms with Crippen molar-refractivity contribution in [2.45, 2.75) is 44.7 Å². The van der Waals surface area contributed by atoms with E-state index in [1.165, 1.54) is 25.9 Å². The van der Waals surface area contributed by atoms with Crippen molar-refractivity contribution in [2.24, 2.45) is 0 Å². The Kier molecular flexibility index (Phi) is 4.76. The lowest BCUT2D eigenvalue weighted by atomic mass is 9.95. The molecule has 0 aliphatic carbocycles. The Morgan fingerprint density at radius 2 is 2.00 bits per heavy atom. The van der Waals surface area contributed by atoms with E-state index in [1.54, 1.807) is 12.4 Å². The van der Waals surface area contributed by atoms with Crippen molar-refractivity contribution < 1.29 is 4.79 Å². The van der Waals surface area contributed by atoms with Gasteiger partial charge in [-0.25, -0.2) is 4.98 Å². The second-order valence-corrected chi connectivity index (χ2v) is 8.29. The minimum Gasteiger partial charge on any atom is -0.348 e. The molecule has 2 unspecified atom stereocenters. The number of benzene rings is 1. The number of nitrogens with zero attached hydrogens (tertiary/aromatic N) is 3. The molecule has 1 amide bonds. The van der Waals surface area contributed by atoms with E-state index in [1.807, 2.05) is 37.3 Å². The number of pyridine rings is 2. The average Bonchev–Trinajstić information content (AvgIpc) is 3.23. The van der Waals surface area contributed by atoms with E-state index < -0.39 is 0 Å². The van der Waals surface area contributed by atoms with Crippen molar-refractivity contribution >= 4 is 16.8 Å². The third kappa shape index (κ3) is 3.51. The molecular weight excluding hydrogens is 360 g/mol. The Bertz CT molecular complexity index is 1050. The van der Waals surface area contributed by atoms with Gasteiger partial charge in [0.2, 0.25) is 0 Å². The standard InChI is InChI=1S/C24H26N4O/c1-16-8-9-20-18(13-16)19(14-22(26-20)17-5-2-10-25-15-17)24(29)27-21-6-3-11-28-12-4-7-23(21)28/h2,5,8-10,13-15,21,23H,3-4,6-7,11-12H2,1H3,(H,27,29). The van der Waals surface area contributed by atoms with Crippen LogP contribution in [0.3, 0.4) is 0 Å². The number of rotatable bonds is 3. The van der Waals surface area contributed by atoms with Crippen LogP contribution in [-0.2, 0) is 0 Å². The molecule has 5 heteroatoms. The topological polar surface area (TPSA) is 58.1 Å². The molecule has 2 aromatic heterocycles. The van der Waals surface area contributed by atoms with Gasteiger partial charge in [0, 0.05) is 35.4 Å². The molecule has 29 heavy (non-hydrogen) atoms. The summed E-state index contributed by atoms with van der Waals surface area (Å²) in [6.07, 6.45) is 8.17. The lowest BCUT2D eigenvalue weighted by Gasteiger charge is -2.37. The molecule has 4 heterocycles. The average molecular weight is 386 g/mol. The molecule has 0 radical (unpaired) electrons. The van der Waals surface area contributed by atoms with Crippen LogP contribution in [0.15, 0.2) is 48.8 Å². The molecule has 2 fully saturated rings. The van der Waals surface area contributed by atoms with Gasteiger partial charge in [0.05, 0.1) is 16.8 Å². The van der Waals surface area contributed by atoms with Gasteiger partial charge in [-0.3, -0.25) is 14.7 Å². The van der Waals surface area contributed by atoms with Crippen molar-refractivity contribution in [3.05, 3.63) is 59.9 Å². The monoisotopic (exact) mass is 386 g/mol. The molecule has 0 spiro atoms. The first kappa shape index (κ1) is 18.3. The fraction of sp³-hybridized carbons (Fsp3) is 0.375. The molecule has 1 aromatic carbocycles. The Labute approximate surface area is 171 Å². The molecule has 3 aromatic rings. The lowest BCUT2D eigenvalue weighted by molar-refractivity contribution is 0.0869. The van der Waals surface area contributed by atoms with E-state index in [-0.39, 0.29) is 11.9 Å². The van der Waals surface area contributed by atoms with E-state index >= 15 is 0 Å². The van der Waals surface area contributed by atoms with Gasteiger partial charge < -0.3 is 5.32 Å². The number of nitrogens with one attached hydrogen (secondary N) is 1. The van der Waals surface area contributed by atoms with Gasteiger partial charge in [0.15, 0.2) is 0 Å². The molecule has 2 atom stereocenters. The number of aromatic nitrogens is 2. The van der Waals surface area contributed by atoms with Crippen LogP contribution in [0.1, 0.15) is 41.6 Å². The van der Waals surface area contributed by atoms with Gasteiger partial charge in [-0.2, -0.15) is 0 Å². The van der Waals surface area contributed by atoms with Gasteiger partial charge in [0.25, 0.3) is 5.91 Å². The van der Waals surface area contributed by atoms with Gasteiger partial charge in [0.1, 0.15) is 0 Å². The number of amides is 1. The predicted octanol–water partition coefficient (Wildman–Crippen LogP) is 3.96. The highest BCUT2D eigenvalue weighted by atomic mass is 16.1. The van der Waals surface area contributed by atoms with Crippen molar-refractivity contribution in [3.63, 3.8) is 0 Å². The molecule has 148 valence electrons. The number of aryl methyl sites for hydroxylation is 1. The zero-order valence-corrected chi connectivity index (χ0v) is 16.8. The third-order valence-corrected chi connectivity index (χ3v) is 6.32. The number of carbonyl (C=O) groups excluding carboxylic acids is 1. The summed E-state index contributed by atoms with van der Waals surface area (Å²) in [6, 6.07) is 12.6. The first-order valence-corrected chi connectivity index (χ1v) is 10.6. The van der Waals surface area contributed by atoms with Crippen LogP contribution >= 0.6 is 0 Å².